The van der Waals surface area contributed by atoms with Crippen molar-refractivity contribution in [2.45, 2.75) is 52.5 Å². The molecular weight excluding hydrogens is 260 g/mol. The summed E-state index contributed by atoms with van der Waals surface area (Å²) in [6, 6.07) is 8.29. The molecular formula is C18H28N2O. The van der Waals surface area contributed by atoms with Crippen molar-refractivity contribution in [2.24, 2.45) is 0 Å². The Hall–Kier alpha value is -1.35. The number of rotatable bonds is 6. The summed E-state index contributed by atoms with van der Waals surface area (Å²) in [5, 5.41) is 0. The number of carbonyl (C=O) groups excluding carboxylic acids is 1. The van der Waals surface area contributed by atoms with Crippen molar-refractivity contribution in [1.29, 1.82) is 0 Å². The van der Waals surface area contributed by atoms with Crippen LogP contribution in [0.4, 0.5) is 5.69 Å². The summed E-state index contributed by atoms with van der Waals surface area (Å²) in [6.07, 6.45) is 4.48. The van der Waals surface area contributed by atoms with Gasteiger partial charge in [0.25, 0.3) is 0 Å². The molecule has 0 spiro atoms. The average molecular weight is 288 g/mol. The summed E-state index contributed by atoms with van der Waals surface area (Å²) in [5.74, 6) is 0.250. The van der Waals surface area contributed by atoms with E-state index < -0.39 is 0 Å². The first kappa shape index (κ1) is 16.0. The summed E-state index contributed by atoms with van der Waals surface area (Å²) in [7, 11) is 0. The second-order valence-electron chi connectivity index (χ2n) is 5.88. The first-order valence-electron chi connectivity index (χ1n) is 8.32. The van der Waals surface area contributed by atoms with Gasteiger partial charge in [0.15, 0.2) is 0 Å². The van der Waals surface area contributed by atoms with Crippen LogP contribution in [0, 0.1) is 0 Å². The number of amides is 1. The fourth-order valence-electron chi connectivity index (χ4n) is 3.13. The van der Waals surface area contributed by atoms with E-state index in [0.717, 1.165) is 44.6 Å². The van der Waals surface area contributed by atoms with Crippen molar-refractivity contribution in [3.8, 4) is 0 Å². The largest absolute Gasteiger partial charge is 0.311 e. The molecule has 2 rings (SSSR count). The van der Waals surface area contributed by atoms with E-state index in [9.17, 15) is 4.79 Å². The first-order chi connectivity index (χ1) is 10.2. The van der Waals surface area contributed by atoms with Crippen molar-refractivity contribution in [2.75, 3.05) is 24.5 Å². The number of anilines is 1. The molecule has 1 aromatic rings. The molecule has 1 aliphatic heterocycles. The quantitative estimate of drug-likeness (QED) is 0.800. The van der Waals surface area contributed by atoms with Gasteiger partial charge in [-0.1, -0.05) is 38.5 Å². The van der Waals surface area contributed by atoms with Crippen molar-refractivity contribution in [1.82, 2.24) is 4.90 Å². The number of para-hydroxylation sites is 1. The molecule has 0 aromatic heterocycles. The number of hydrogen-bond acceptors (Lipinski definition) is 2. The molecule has 1 unspecified atom stereocenters. The van der Waals surface area contributed by atoms with Gasteiger partial charge in [0, 0.05) is 12.2 Å². The van der Waals surface area contributed by atoms with Crippen LogP contribution < -0.4 is 4.90 Å². The van der Waals surface area contributed by atoms with Gasteiger partial charge in [0.2, 0.25) is 5.91 Å². The molecule has 3 heteroatoms. The van der Waals surface area contributed by atoms with Gasteiger partial charge in [-0.2, -0.15) is 0 Å². The van der Waals surface area contributed by atoms with E-state index in [-0.39, 0.29) is 11.9 Å². The van der Waals surface area contributed by atoms with E-state index in [0.29, 0.717) is 0 Å². The number of likely N-dealkylation sites (N-methyl/N-ethyl adjacent to an activating group) is 1. The zero-order chi connectivity index (χ0) is 15.2. The smallest absolute Gasteiger partial charge is 0.244 e. The lowest BCUT2D eigenvalue weighted by atomic mass is 10.0. The third-order valence-electron chi connectivity index (χ3n) is 4.49. The summed E-state index contributed by atoms with van der Waals surface area (Å²) in [6.45, 7) is 9.19. The molecule has 0 N–H and O–H groups in total. The van der Waals surface area contributed by atoms with E-state index in [1.807, 2.05) is 11.0 Å². The van der Waals surface area contributed by atoms with Crippen molar-refractivity contribution >= 4 is 11.6 Å². The molecule has 21 heavy (non-hydrogen) atoms. The monoisotopic (exact) mass is 288 g/mol. The van der Waals surface area contributed by atoms with E-state index in [2.05, 4.69) is 43.9 Å². The summed E-state index contributed by atoms with van der Waals surface area (Å²) in [5.41, 5.74) is 2.42. The fraction of sp³-hybridized carbons (Fsp3) is 0.611. The predicted molar refractivity (Wildman–Crippen MR) is 88.7 cm³/mol. The van der Waals surface area contributed by atoms with Crippen LogP contribution >= 0.6 is 0 Å². The maximum Gasteiger partial charge on any atom is 0.244 e. The van der Waals surface area contributed by atoms with Crippen molar-refractivity contribution in [3.05, 3.63) is 29.8 Å². The number of hydrogen-bond donors (Lipinski definition) is 0. The molecule has 116 valence electrons. The highest BCUT2D eigenvalue weighted by Gasteiger charge is 2.28. The van der Waals surface area contributed by atoms with Crippen LogP contribution in [-0.4, -0.2) is 36.5 Å². The third kappa shape index (κ3) is 3.65. The Balaban J connectivity index is 2.12. The minimum Gasteiger partial charge on any atom is -0.311 e. The normalized spacial score (nSPS) is 15.9. The maximum atomic E-state index is 12.9. The number of nitrogens with zero attached hydrogens (tertiary/aromatic N) is 2. The zero-order valence-electron chi connectivity index (χ0n) is 13.6. The molecule has 3 nitrogen and oxygen atoms in total. The Morgan fingerprint density at radius 1 is 1.33 bits per heavy atom. The Bertz CT molecular complexity index is 472. The highest BCUT2D eigenvalue weighted by atomic mass is 16.2. The van der Waals surface area contributed by atoms with Crippen LogP contribution in [0.1, 0.15) is 45.6 Å². The standard InChI is InChI=1S/C18H28N2O/c1-4-6-13-19(5-2)15(3)18(21)20-14-9-11-16-10-7-8-12-17(16)20/h7-8,10,12,15H,4-6,9,11,13-14H2,1-3H3. The fourth-order valence-corrected chi connectivity index (χ4v) is 3.13. The second kappa shape index (κ2) is 7.60. The predicted octanol–water partition coefficient (Wildman–Crippen LogP) is 3.48. The SMILES string of the molecule is CCCCN(CC)C(C)C(=O)N1CCCc2ccccc21. The Morgan fingerprint density at radius 3 is 2.81 bits per heavy atom. The van der Waals surface area contributed by atoms with Crippen LogP contribution in [0.15, 0.2) is 24.3 Å². The van der Waals surface area contributed by atoms with Gasteiger partial charge in [-0.25, -0.2) is 0 Å². The molecule has 0 fully saturated rings. The van der Waals surface area contributed by atoms with Crippen molar-refractivity contribution < 1.29 is 4.79 Å². The molecule has 1 heterocycles. The molecule has 0 radical (unpaired) electrons. The highest BCUT2D eigenvalue weighted by Crippen LogP contribution is 2.27. The van der Waals surface area contributed by atoms with E-state index in [1.54, 1.807) is 0 Å². The minimum absolute atomic E-state index is 0.0345. The van der Waals surface area contributed by atoms with Gasteiger partial charge in [-0.15, -0.1) is 0 Å². The van der Waals surface area contributed by atoms with Gasteiger partial charge < -0.3 is 4.90 Å². The van der Waals surface area contributed by atoms with Crippen LogP contribution in [-0.2, 0) is 11.2 Å². The van der Waals surface area contributed by atoms with Crippen LogP contribution in [0.25, 0.3) is 0 Å². The lowest BCUT2D eigenvalue weighted by Crippen LogP contribution is -2.49. The summed E-state index contributed by atoms with van der Waals surface area (Å²) >= 11 is 0. The van der Waals surface area contributed by atoms with Gasteiger partial charge >= 0.3 is 0 Å². The number of benzene rings is 1. The second-order valence-corrected chi connectivity index (χ2v) is 5.88. The van der Waals surface area contributed by atoms with Crippen molar-refractivity contribution in [3.63, 3.8) is 0 Å². The summed E-state index contributed by atoms with van der Waals surface area (Å²) in [4.78, 5) is 17.2. The van der Waals surface area contributed by atoms with Gasteiger partial charge in [0.1, 0.15) is 0 Å². The molecule has 0 bridgehead atoms. The minimum atomic E-state index is -0.0345. The number of unbranched alkanes of at least 4 members (excludes halogenated alkanes) is 1. The zero-order valence-corrected chi connectivity index (χ0v) is 13.6. The molecule has 1 aromatic carbocycles. The molecule has 0 saturated carbocycles. The molecule has 0 saturated heterocycles. The van der Waals surface area contributed by atoms with E-state index >= 15 is 0 Å². The van der Waals surface area contributed by atoms with Gasteiger partial charge in [0.05, 0.1) is 6.04 Å². The van der Waals surface area contributed by atoms with Crippen LogP contribution in [0.2, 0.25) is 0 Å². The Labute approximate surface area is 128 Å². The molecule has 1 amide bonds. The van der Waals surface area contributed by atoms with E-state index in [1.165, 1.54) is 12.0 Å². The lowest BCUT2D eigenvalue weighted by molar-refractivity contribution is -0.123. The first-order valence-corrected chi connectivity index (χ1v) is 8.32. The summed E-state index contributed by atoms with van der Waals surface area (Å²) < 4.78 is 0. The molecule has 1 aliphatic rings. The highest BCUT2D eigenvalue weighted by molar-refractivity contribution is 5.98. The topological polar surface area (TPSA) is 23.6 Å². The third-order valence-corrected chi connectivity index (χ3v) is 4.49. The molecule has 0 aliphatic carbocycles. The Kier molecular flexibility index (Phi) is 5.80. The number of fused-ring (bicyclic) bond motifs is 1. The Morgan fingerprint density at radius 2 is 2.10 bits per heavy atom. The van der Waals surface area contributed by atoms with Gasteiger partial charge in [-0.05, 0) is 50.9 Å². The number of aryl methyl sites for hydroxylation is 1. The van der Waals surface area contributed by atoms with Crippen LogP contribution in [0.5, 0.6) is 0 Å². The van der Waals surface area contributed by atoms with E-state index in [4.69, 9.17) is 0 Å². The molecule has 1 atom stereocenters. The maximum absolute atomic E-state index is 12.9. The average Bonchev–Trinajstić information content (AvgIpc) is 2.54. The van der Waals surface area contributed by atoms with Gasteiger partial charge in [-0.3, -0.25) is 9.69 Å². The van der Waals surface area contributed by atoms with Crippen LogP contribution in [0.3, 0.4) is 0 Å². The lowest BCUT2D eigenvalue weighted by Gasteiger charge is -2.35. The number of carbonyl (C=O) groups is 1.